The first kappa shape index (κ1) is 15.0. The average molecular weight is 430 g/mol. The highest BCUT2D eigenvalue weighted by atomic mass is 79.9. The molecule has 0 bridgehead atoms. The molecule has 1 aliphatic rings. The van der Waals surface area contributed by atoms with E-state index < -0.39 is 0 Å². The van der Waals surface area contributed by atoms with Gasteiger partial charge in [-0.25, -0.2) is 0 Å². The number of hydrogen-bond donors (Lipinski definition) is 0. The molecule has 2 aromatic carbocycles. The second-order valence-corrected chi connectivity index (χ2v) is 9.49. The predicted molar refractivity (Wildman–Crippen MR) is 96.8 cm³/mol. The summed E-state index contributed by atoms with van der Waals surface area (Å²) in [4.78, 5) is 2.77. The number of fused-ring (bicyclic) bond motifs is 1. The highest BCUT2D eigenvalue weighted by Gasteiger charge is 2.26. The standard InChI is InChI=1S/C16H14Br2S2/c1-10-8-16(20-13-5-2-11(17)3-6-13)14-9-12(18)4-7-15(14)19-10/h2-7,9-10,16H,8H2,1H3. The quantitative estimate of drug-likeness (QED) is 0.507. The van der Waals surface area contributed by atoms with E-state index in [4.69, 9.17) is 0 Å². The molecule has 0 saturated carbocycles. The van der Waals surface area contributed by atoms with Crippen molar-refractivity contribution >= 4 is 55.4 Å². The van der Waals surface area contributed by atoms with E-state index in [0.29, 0.717) is 10.5 Å². The van der Waals surface area contributed by atoms with E-state index >= 15 is 0 Å². The second kappa shape index (κ2) is 6.47. The van der Waals surface area contributed by atoms with Gasteiger partial charge in [-0.3, -0.25) is 0 Å². The summed E-state index contributed by atoms with van der Waals surface area (Å²) < 4.78 is 2.31. The van der Waals surface area contributed by atoms with Crippen molar-refractivity contribution in [2.24, 2.45) is 0 Å². The third kappa shape index (κ3) is 3.46. The molecule has 0 aliphatic carbocycles. The van der Waals surface area contributed by atoms with E-state index in [2.05, 4.69) is 81.2 Å². The number of thioether (sulfide) groups is 2. The van der Waals surface area contributed by atoms with Gasteiger partial charge < -0.3 is 0 Å². The van der Waals surface area contributed by atoms with Crippen LogP contribution in [-0.2, 0) is 0 Å². The first-order valence-electron chi connectivity index (χ1n) is 6.50. The van der Waals surface area contributed by atoms with Gasteiger partial charge in [0.2, 0.25) is 0 Å². The Morgan fingerprint density at radius 2 is 1.75 bits per heavy atom. The molecule has 2 atom stereocenters. The Hall–Kier alpha value is 0.1000. The molecule has 0 fully saturated rings. The van der Waals surface area contributed by atoms with Crippen molar-refractivity contribution in [1.29, 1.82) is 0 Å². The minimum absolute atomic E-state index is 0.542. The maximum absolute atomic E-state index is 3.60. The van der Waals surface area contributed by atoms with Crippen LogP contribution in [-0.4, -0.2) is 5.25 Å². The molecule has 2 aromatic rings. The predicted octanol–water partition coefficient (Wildman–Crippen LogP) is 6.93. The maximum atomic E-state index is 3.60. The Kier molecular flexibility index (Phi) is 4.86. The van der Waals surface area contributed by atoms with Gasteiger partial charge in [0.1, 0.15) is 0 Å². The fraction of sp³-hybridized carbons (Fsp3) is 0.250. The van der Waals surface area contributed by atoms with E-state index in [0.717, 1.165) is 4.47 Å². The molecule has 2 unspecified atom stereocenters. The van der Waals surface area contributed by atoms with Crippen LogP contribution in [0.25, 0.3) is 0 Å². The van der Waals surface area contributed by atoms with Crippen molar-refractivity contribution in [2.45, 2.75) is 33.6 Å². The Morgan fingerprint density at radius 1 is 1.05 bits per heavy atom. The molecule has 4 heteroatoms. The van der Waals surface area contributed by atoms with E-state index in [1.165, 1.54) is 26.2 Å². The van der Waals surface area contributed by atoms with Crippen LogP contribution in [0.3, 0.4) is 0 Å². The van der Waals surface area contributed by atoms with Gasteiger partial charge in [-0.2, -0.15) is 0 Å². The lowest BCUT2D eigenvalue weighted by atomic mass is 10.1. The smallest absolute Gasteiger partial charge is 0.0366 e. The molecule has 0 radical (unpaired) electrons. The van der Waals surface area contributed by atoms with Gasteiger partial charge >= 0.3 is 0 Å². The highest BCUT2D eigenvalue weighted by Crippen LogP contribution is 2.49. The van der Waals surface area contributed by atoms with E-state index in [1.54, 1.807) is 0 Å². The topological polar surface area (TPSA) is 0 Å². The monoisotopic (exact) mass is 428 g/mol. The number of rotatable bonds is 2. The van der Waals surface area contributed by atoms with E-state index in [1.807, 2.05) is 23.5 Å². The lowest BCUT2D eigenvalue weighted by molar-refractivity contribution is 0.763. The molecular formula is C16H14Br2S2. The Bertz CT molecular complexity index is 610. The molecule has 0 amide bonds. The van der Waals surface area contributed by atoms with Gasteiger partial charge in [-0.05, 0) is 54.4 Å². The molecule has 104 valence electrons. The summed E-state index contributed by atoms with van der Waals surface area (Å²) in [6.45, 7) is 2.32. The first-order valence-corrected chi connectivity index (χ1v) is 9.84. The van der Waals surface area contributed by atoms with Crippen molar-refractivity contribution in [2.75, 3.05) is 0 Å². The zero-order chi connectivity index (χ0) is 14.1. The molecule has 0 nitrogen and oxygen atoms in total. The number of benzene rings is 2. The van der Waals surface area contributed by atoms with Crippen molar-refractivity contribution < 1.29 is 0 Å². The van der Waals surface area contributed by atoms with Gasteiger partial charge in [0, 0.05) is 29.2 Å². The number of hydrogen-bond acceptors (Lipinski definition) is 2. The molecular weight excluding hydrogens is 416 g/mol. The van der Waals surface area contributed by atoms with Crippen LogP contribution in [0.15, 0.2) is 61.2 Å². The lowest BCUT2D eigenvalue weighted by Crippen LogP contribution is -2.11. The van der Waals surface area contributed by atoms with Crippen LogP contribution in [0.2, 0.25) is 0 Å². The van der Waals surface area contributed by atoms with Crippen LogP contribution in [0.1, 0.15) is 24.2 Å². The minimum atomic E-state index is 0.542. The summed E-state index contributed by atoms with van der Waals surface area (Å²) in [7, 11) is 0. The molecule has 3 rings (SSSR count). The van der Waals surface area contributed by atoms with Crippen molar-refractivity contribution in [3.8, 4) is 0 Å². The zero-order valence-corrected chi connectivity index (χ0v) is 15.8. The van der Waals surface area contributed by atoms with Gasteiger partial charge in [-0.1, -0.05) is 38.8 Å². The Balaban J connectivity index is 1.90. The number of halogens is 2. The summed E-state index contributed by atoms with van der Waals surface area (Å²) in [5.74, 6) is 0. The summed E-state index contributed by atoms with van der Waals surface area (Å²) >= 11 is 11.1. The third-order valence-electron chi connectivity index (χ3n) is 3.28. The zero-order valence-electron chi connectivity index (χ0n) is 11.0. The Morgan fingerprint density at radius 3 is 2.50 bits per heavy atom. The van der Waals surface area contributed by atoms with E-state index in [-0.39, 0.29) is 0 Å². The largest absolute Gasteiger partial charge is 0.123 e. The summed E-state index contributed by atoms with van der Waals surface area (Å²) in [6.07, 6.45) is 1.22. The van der Waals surface area contributed by atoms with Crippen LogP contribution >= 0.6 is 55.4 Å². The molecule has 0 saturated heterocycles. The minimum Gasteiger partial charge on any atom is -0.123 e. The molecule has 0 N–H and O–H groups in total. The lowest BCUT2D eigenvalue weighted by Gasteiger charge is -2.29. The van der Waals surface area contributed by atoms with Crippen LogP contribution in [0.5, 0.6) is 0 Å². The molecule has 20 heavy (non-hydrogen) atoms. The van der Waals surface area contributed by atoms with Gasteiger partial charge in [0.15, 0.2) is 0 Å². The van der Waals surface area contributed by atoms with Crippen LogP contribution in [0.4, 0.5) is 0 Å². The molecule has 1 aliphatic heterocycles. The normalized spacial score (nSPS) is 21.6. The first-order chi connectivity index (χ1) is 9.61. The fourth-order valence-electron chi connectivity index (χ4n) is 2.36. The second-order valence-electron chi connectivity index (χ2n) is 4.91. The summed E-state index contributed by atoms with van der Waals surface area (Å²) in [5, 5.41) is 1.22. The molecule has 0 aromatic heterocycles. The van der Waals surface area contributed by atoms with Gasteiger partial charge in [0.25, 0.3) is 0 Å². The summed E-state index contributed by atoms with van der Waals surface area (Å²) in [6, 6.07) is 15.3. The SMILES string of the molecule is CC1CC(Sc2ccc(Br)cc2)c2cc(Br)ccc2S1. The van der Waals surface area contributed by atoms with Crippen LogP contribution in [0, 0.1) is 0 Å². The summed E-state index contributed by atoms with van der Waals surface area (Å²) in [5.41, 5.74) is 1.47. The fourth-order valence-corrected chi connectivity index (χ4v) is 5.73. The van der Waals surface area contributed by atoms with Crippen LogP contribution < -0.4 is 0 Å². The average Bonchev–Trinajstić information content (AvgIpc) is 2.42. The highest BCUT2D eigenvalue weighted by molar-refractivity contribution is 9.10. The van der Waals surface area contributed by atoms with Gasteiger partial charge in [0.05, 0.1) is 0 Å². The third-order valence-corrected chi connectivity index (χ3v) is 6.80. The van der Waals surface area contributed by atoms with Crippen molar-refractivity contribution in [3.05, 3.63) is 57.0 Å². The van der Waals surface area contributed by atoms with Crippen molar-refractivity contribution in [3.63, 3.8) is 0 Å². The van der Waals surface area contributed by atoms with E-state index in [9.17, 15) is 0 Å². The Labute approximate surface area is 145 Å². The molecule has 0 spiro atoms. The molecule has 1 heterocycles. The van der Waals surface area contributed by atoms with Crippen molar-refractivity contribution in [1.82, 2.24) is 0 Å². The maximum Gasteiger partial charge on any atom is 0.0366 e. The van der Waals surface area contributed by atoms with Gasteiger partial charge in [-0.15, -0.1) is 23.5 Å².